The molecule has 0 bridgehead atoms. The molecule has 1 aliphatic carbocycles. The van der Waals surface area contributed by atoms with Crippen molar-refractivity contribution in [3.8, 4) is 0 Å². The fraction of sp³-hybridized carbons (Fsp3) is 0.538. The molecule has 1 aromatic rings. The van der Waals surface area contributed by atoms with Crippen LogP contribution in [-0.4, -0.2) is 6.04 Å². The zero-order valence-electron chi connectivity index (χ0n) is 9.69. The van der Waals surface area contributed by atoms with Crippen LogP contribution in [0.5, 0.6) is 0 Å². The largest absolute Gasteiger partial charge is 0.379 e. The van der Waals surface area contributed by atoms with Crippen molar-refractivity contribution >= 4 is 5.69 Å². The lowest BCUT2D eigenvalue weighted by atomic mass is 9.87. The second kappa shape index (κ2) is 4.04. The van der Waals surface area contributed by atoms with E-state index in [1.807, 2.05) is 0 Å². The Morgan fingerprint density at radius 1 is 1.31 bits per heavy atom. The third kappa shape index (κ3) is 2.18. The van der Waals surface area contributed by atoms with Gasteiger partial charge in [0.2, 0.25) is 0 Å². The average Bonchev–Trinajstić information content (AvgIpc) is 2.52. The molecule has 1 atom stereocenters. The molecule has 1 aliphatic rings. The van der Waals surface area contributed by atoms with Crippen LogP contribution in [0, 0.1) is 17.0 Å². The van der Waals surface area contributed by atoms with E-state index in [1.165, 1.54) is 12.1 Å². The number of rotatable bonds is 2. The molecule has 1 unspecified atom stereocenters. The number of hydrogen-bond donors (Lipinski definition) is 1. The number of hydrogen-bond acceptors (Lipinski definition) is 1. The van der Waals surface area contributed by atoms with Gasteiger partial charge in [0.05, 0.1) is 5.69 Å². The fourth-order valence-electron chi connectivity index (χ4n) is 2.39. The van der Waals surface area contributed by atoms with Gasteiger partial charge in [0.25, 0.3) is 0 Å². The predicted molar refractivity (Wildman–Crippen MR) is 61.4 cm³/mol. The first-order valence-electron chi connectivity index (χ1n) is 5.71. The van der Waals surface area contributed by atoms with Gasteiger partial charge in [0, 0.05) is 6.04 Å². The first kappa shape index (κ1) is 11.4. The fourth-order valence-corrected chi connectivity index (χ4v) is 2.39. The van der Waals surface area contributed by atoms with Gasteiger partial charge in [0.15, 0.2) is 0 Å². The van der Waals surface area contributed by atoms with E-state index < -0.39 is 5.82 Å². The molecular formula is C13H17F2N. The number of nitrogens with one attached hydrogen (secondary N) is 1. The monoisotopic (exact) mass is 225 g/mol. The summed E-state index contributed by atoms with van der Waals surface area (Å²) >= 11 is 0. The van der Waals surface area contributed by atoms with Crippen LogP contribution in [0.25, 0.3) is 0 Å². The summed E-state index contributed by atoms with van der Waals surface area (Å²) in [5.41, 5.74) is 0.429. The Balaban J connectivity index is 2.17. The van der Waals surface area contributed by atoms with E-state index in [4.69, 9.17) is 0 Å². The molecule has 0 radical (unpaired) electrons. The van der Waals surface area contributed by atoms with Gasteiger partial charge in [-0.2, -0.15) is 0 Å². The lowest BCUT2D eigenvalue weighted by molar-refractivity contribution is 0.349. The molecule has 0 aromatic heterocycles. The maximum atomic E-state index is 13.4. The minimum Gasteiger partial charge on any atom is -0.379 e. The molecule has 0 aliphatic heterocycles. The summed E-state index contributed by atoms with van der Waals surface area (Å²) in [5.74, 6) is -0.788. The Morgan fingerprint density at radius 2 is 2.06 bits per heavy atom. The number of benzene rings is 1. The van der Waals surface area contributed by atoms with E-state index in [0.29, 0.717) is 0 Å². The molecule has 0 heterocycles. The number of halogens is 2. The van der Waals surface area contributed by atoms with E-state index >= 15 is 0 Å². The van der Waals surface area contributed by atoms with Gasteiger partial charge in [-0.25, -0.2) is 8.78 Å². The molecule has 1 nitrogen and oxygen atoms in total. The van der Waals surface area contributed by atoms with Gasteiger partial charge in [-0.05, 0) is 36.5 Å². The van der Waals surface area contributed by atoms with E-state index in [1.54, 1.807) is 0 Å². The summed E-state index contributed by atoms with van der Waals surface area (Å²) in [5, 5.41) is 3.13. The summed E-state index contributed by atoms with van der Waals surface area (Å²) in [6, 6.07) is 3.76. The van der Waals surface area contributed by atoms with Crippen LogP contribution >= 0.6 is 0 Å². The van der Waals surface area contributed by atoms with Gasteiger partial charge in [-0.15, -0.1) is 0 Å². The Kier molecular flexibility index (Phi) is 2.87. The maximum absolute atomic E-state index is 13.4. The van der Waals surface area contributed by atoms with Crippen molar-refractivity contribution in [1.82, 2.24) is 0 Å². The molecule has 3 heteroatoms. The van der Waals surface area contributed by atoms with Crippen LogP contribution in [0.15, 0.2) is 18.2 Å². The lowest BCUT2D eigenvalue weighted by Crippen LogP contribution is -2.31. The summed E-state index contributed by atoms with van der Waals surface area (Å²) in [6.07, 6.45) is 3.28. The van der Waals surface area contributed by atoms with Gasteiger partial charge in [0.1, 0.15) is 11.6 Å². The molecular weight excluding hydrogens is 208 g/mol. The third-order valence-electron chi connectivity index (χ3n) is 3.52. The van der Waals surface area contributed by atoms with Gasteiger partial charge in [-0.1, -0.05) is 20.3 Å². The molecule has 1 saturated carbocycles. The lowest BCUT2D eigenvalue weighted by Gasteiger charge is -2.28. The first-order valence-corrected chi connectivity index (χ1v) is 5.71. The molecule has 0 spiro atoms. The smallest absolute Gasteiger partial charge is 0.146 e. The Bertz CT molecular complexity index is 388. The first-order chi connectivity index (χ1) is 7.49. The Labute approximate surface area is 94.9 Å². The van der Waals surface area contributed by atoms with Crippen molar-refractivity contribution in [2.24, 2.45) is 5.41 Å². The summed E-state index contributed by atoms with van der Waals surface area (Å²) in [4.78, 5) is 0. The van der Waals surface area contributed by atoms with Gasteiger partial charge >= 0.3 is 0 Å². The third-order valence-corrected chi connectivity index (χ3v) is 3.52. The van der Waals surface area contributed by atoms with Crippen LogP contribution in [0.3, 0.4) is 0 Å². The minimum absolute atomic E-state index is 0.152. The van der Waals surface area contributed by atoms with Crippen molar-refractivity contribution in [3.63, 3.8) is 0 Å². The zero-order chi connectivity index (χ0) is 11.8. The van der Waals surface area contributed by atoms with E-state index in [2.05, 4.69) is 19.2 Å². The highest BCUT2D eigenvalue weighted by Crippen LogP contribution is 2.39. The van der Waals surface area contributed by atoms with Gasteiger partial charge < -0.3 is 5.32 Å². The predicted octanol–water partition coefficient (Wildman–Crippen LogP) is 3.96. The topological polar surface area (TPSA) is 12.0 Å². The maximum Gasteiger partial charge on any atom is 0.146 e. The zero-order valence-corrected chi connectivity index (χ0v) is 9.69. The van der Waals surface area contributed by atoms with Crippen molar-refractivity contribution < 1.29 is 8.78 Å². The number of anilines is 1. The molecule has 1 N–H and O–H groups in total. The standard InChI is InChI=1S/C13H17F2N/c1-13(2)7-3-4-12(13)16-11-8-9(14)5-6-10(11)15/h5-6,8,12,16H,3-4,7H2,1-2H3. The quantitative estimate of drug-likeness (QED) is 0.803. The Morgan fingerprint density at radius 3 is 2.69 bits per heavy atom. The molecule has 1 aromatic carbocycles. The molecule has 1 fully saturated rings. The van der Waals surface area contributed by atoms with Crippen molar-refractivity contribution in [2.45, 2.75) is 39.2 Å². The van der Waals surface area contributed by atoms with Crippen LogP contribution < -0.4 is 5.32 Å². The van der Waals surface area contributed by atoms with E-state index in [9.17, 15) is 8.78 Å². The van der Waals surface area contributed by atoms with Crippen LogP contribution in [0.1, 0.15) is 33.1 Å². The van der Waals surface area contributed by atoms with Crippen molar-refractivity contribution in [3.05, 3.63) is 29.8 Å². The molecule has 16 heavy (non-hydrogen) atoms. The molecule has 0 amide bonds. The SMILES string of the molecule is CC1(C)CCCC1Nc1cc(F)ccc1F. The average molecular weight is 225 g/mol. The van der Waals surface area contributed by atoms with Crippen molar-refractivity contribution in [1.29, 1.82) is 0 Å². The van der Waals surface area contributed by atoms with Crippen molar-refractivity contribution in [2.75, 3.05) is 5.32 Å². The van der Waals surface area contributed by atoms with Crippen LogP contribution in [-0.2, 0) is 0 Å². The summed E-state index contributed by atoms with van der Waals surface area (Å²) < 4.78 is 26.5. The van der Waals surface area contributed by atoms with Crippen LogP contribution in [0.4, 0.5) is 14.5 Å². The Hall–Kier alpha value is -1.12. The minimum atomic E-state index is -0.403. The molecule has 2 rings (SSSR count). The van der Waals surface area contributed by atoms with Crippen LogP contribution in [0.2, 0.25) is 0 Å². The highest BCUT2D eigenvalue weighted by atomic mass is 19.1. The van der Waals surface area contributed by atoms with E-state index in [0.717, 1.165) is 25.3 Å². The summed E-state index contributed by atoms with van der Waals surface area (Å²) in [7, 11) is 0. The molecule has 88 valence electrons. The second-order valence-electron chi connectivity index (χ2n) is 5.20. The highest BCUT2D eigenvalue weighted by molar-refractivity contribution is 5.46. The normalized spacial score (nSPS) is 23.4. The van der Waals surface area contributed by atoms with Gasteiger partial charge in [-0.3, -0.25) is 0 Å². The highest BCUT2D eigenvalue weighted by Gasteiger charge is 2.34. The molecule has 0 saturated heterocycles. The summed E-state index contributed by atoms with van der Waals surface area (Å²) in [6.45, 7) is 4.32. The van der Waals surface area contributed by atoms with E-state index in [-0.39, 0.29) is 23.0 Å². The second-order valence-corrected chi connectivity index (χ2v) is 5.20.